The molecule has 0 saturated heterocycles. The third-order valence-electron chi connectivity index (χ3n) is 2.70. The second-order valence-corrected chi connectivity index (χ2v) is 4.31. The van der Waals surface area contributed by atoms with Gasteiger partial charge in [0.05, 0.1) is 0 Å². The van der Waals surface area contributed by atoms with Crippen molar-refractivity contribution in [1.82, 2.24) is 0 Å². The Hall–Kier alpha value is -2.95. The molecule has 0 aliphatic heterocycles. The highest BCUT2D eigenvalue weighted by molar-refractivity contribution is 6.09. The van der Waals surface area contributed by atoms with Crippen molar-refractivity contribution in [2.45, 2.75) is 6.92 Å². The minimum Gasteiger partial charge on any atom is -0.479 e. The molecule has 0 saturated carbocycles. The predicted molar refractivity (Wildman–Crippen MR) is 80.7 cm³/mol. The number of benzene rings is 2. The molecule has 114 valence electrons. The van der Waals surface area contributed by atoms with E-state index in [0.29, 0.717) is 0 Å². The Morgan fingerprint density at radius 3 is 2.14 bits per heavy atom. The molecule has 0 aliphatic rings. The summed E-state index contributed by atoms with van der Waals surface area (Å²) in [6.07, 6.45) is 0. The van der Waals surface area contributed by atoms with Crippen molar-refractivity contribution in [2.24, 2.45) is 0 Å². The van der Waals surface area contributed by atoms with Crippen molar-refractivity contribution >= 4 is 18.2 Å². The standard InChI is InChI=1S/C14H12O.C3H4O4/c1-11-7-5-6-10-13(11)14(15)12-8-3-2-4-9-12;4-2-7-1-3(5)6/h2-10H,1H3;2H,1H2,(H,5,6). The maximum absolute atomic E-state index is 12.1. The van der Waals surface area contributed by atoms with Crippen molar-refractivity contribution < 1.29 is 24.2 Å². The highest BCUT2D eigenvalue weighted by Crippen LogP contribution is 2.13. The number of ketones is 1. The average molecular weight is 300 g/mol. The summed E-state index contributed by atoms with van der Waals surface area (Å²) in [5.74, 6) is -1.05. The molecule has 0 bridgehead atoms. The summed E-state index contributed by atoms with van der Waals surface area (Å²) >= 11 is 0. The van der Waals surface area contributed by atoms with Crippen LogP contribution >= 0.6 is 0 Å². The Bertz CT molecular complexity index is 635. The van der Waals surface area contributed by atoms with Gasteiger partial charge in [-0.15, -0.1) is 0 Å². The third kappa shape index (κ3) is 5.58. The molecule has 5 heteroatoms. The van der Waals surface area contributed by atoms with Gasteiger partial charge in [0.15, 0.2) is 12.4 Å². The van der Waals surface area contributed by atoms with Gasteiger partial charge in [0.2, 0.25) is 0 Å². The smallest absolute Gasteiger partial charge is 0.341 e. The minimum absolute atomic E-state index is 0.0914. The number of carboxylic acids is 1. The number of carboxylic acid groups (broad SMARTS) is 1. The molecule has 2 aromatic carbocycles. The molecule has 0 amide bonds. The van der Waals surface area contributed by atoms with Crippen molar-refractivity contribution in [3.63, 3.8) is 0 Å². The van der Waals surface area contributed by atoms with E-state index in [2.05, 4.69) is 4.74 Å². The number of ether oxygens (including phenoxy) is 1. The van der Waals surface area contributed by atoms with Crippen molar-refractivity contribution in [2.75, 3.05) is 6.61 Å². The van der Waals surface area contributed by atoms with Gasteiger partial charge in [0.25, 0.3) is 6.47 Å². The summed E-state index contributed by atoms with van der Waals surface area (Å²) < 4.78 is 3.81. The highest BCUT2D eigenvalue weighted by Gasteiger charge is 2.09. The Morgan fingerprint density at radius 1 is 1.05 bits per heavy atom. The molecule has 0 unspecified atom stereocenters. The van der Waals surface area contributed by atoms with Gasteiger partial charge in [-0.05, 0) is 12.5 Å². The topological polar surface area (TPSA) is 80.7 Å². The molecule has 5 nitrogen and oxygen atoms in total. The SMILES string of the molecule is Cc1ccccc1C(=O)c1ccccc1.O=COCC(=O)O. The summed E-state index contributed by atoms with van der Waals surface area (Å²) in [5, 5.41) is 7.76. The van der Waals surface area contributed by atoms with Crippen LogP contribution in [-0.4, -0.2) is 29.9 Å². The zero-order valence-electron chi connectivity index (χ0n) is 12.1. The highest BCUT2D eigenvalue weighted by atomic mass is 16.5. The molecule has 0 heterocycles. The second-order valence-electron chi connectivity index (χ2n) is 4.31. The quantitative estimate of drug-likeness (QED) is 0.677. The number of hydrogen-bond donors (Lipinski definition) is 1. The molecule has 0 fully saturated rings. The summed E-state index contributed by atoms with van der Waals surface area (Å²) in [6, 6.07) is 17.0. The Morgan fingerprint density at radius 2 is 1.64 bits per heavy atom. The predicted octanol–water partition coefficient (Wildman–Crippen LogP) is 2.47. The fraction of sp³-hybridized carbons (Fsp3) is 0.118. The maximum Gasteiger partial charge on any atom is 0.341 e. The molecular weight excluding hydrogens is 284 g/mol. The monoisotopic (exact) mass is 300 g/mol. The van der Waals surface area contributed by atoms with Gasteiger partial charge in [-0.25, -0.2) is 4.79 Å². The number of hydrogen-bond acceptors (Lipinski definition) is 4. The molecule has 0 aliphatic carbocycles. The molecule has 0 aromatic heterocycles. The number of carbonyl (C=O) groups is 3. The normalized spacial score (nSPS) is 9.14. The molecule has 2 aromatic rings. The zero-order valence-corrected chi connectivity index (χ0v) is 12.1. The van der Waals surface area contributed by atoms with Crippen LogP contribution in [0.4, 0.5) is 0 Å². The lowest BCUT2D eigenvalue weighted by molar-refractivity contribution is -0.147. The van der Waals surface area contributed by atoms with E-state index in [0.717, 1.165) is 16.7 Å². The van der Waals surface area contributed by atoms with E-state index in [9.17, 15) is 14.4 Å². The first-order valence-corrected chi connectivity index (χ1v) is 6.48. The maximum atomic E-state index is 12.1. The molecule has 22 heavy (non-hydrogen) atoms. The molecule has 2 rings (SSSR count). The van der Waals surface area contributed by atoms with Gasteiger partial charge >= 0.3 is 5.97 Å². The van der Waals surface area contributed by atoms with Crippen LogP contribution in [0.5, 0.6) is 0 Å². The van der Waals surface area contributed by atoms with Crippen LogP contribution in [0.3, 0.4) is 0 Å². The van der Waals surface area contributed by atoms with Crippen LogP contribution in [0.25, 0.3) is 0 Å². The molecule has 1 N–H and O–H groups in total. The lowest BCUT2D eigenvalue weighted by atomic mass is 9.99. The Labute approximate surface area is 128 Å². The van der Waals surface area contributed by atoms with Crippen LogP contribution in [0.15, 0.2) is 54.6 Å². The molecule has 0 atom stereocenters. The zero-order chi connectivity index (χ0) is 16.4. The van der Waals surface area contributed by atoms with Gasteiger partial charge in [-0.1, -0.05) is 54.6 Å². The second kappa shape index (κ2) is 9.07. The Kier molecular flexibility index (Phi) is 7.05. The minimum atomic E-state index is -1.15. The van der Waals surface area contributed by atoms with E-state index >= 15 is 0 Å². The summed E-state index contributed by atoms with van der Waals surface area (Å²) in [5.41, 5.74) is 2.54. The van der Waals surface area contributed by atoms with E-state index in [4.69, 9.17) is 5.11 Å². The fourth-order valence-corrected chi connectivity index (χ4v) is 1.68. The van der Waals surface area contributed by atoms with E-state index in [1.807, 2.05) is 61.5 Å². The summed E-state index contributed by atoms with van der Waals surface area (Å²) in [7, 11) is 0. The van der Waals surface area contributed by atoms with Gasteiger partial charge < -0.3 is 9.84 Å². The van der Waals surface area contributed by atoms with Gasteiger partial charge in [-0.3, -0.25) is 9.59 Å². The molecule has 0 spiro atoms. The molecular formula is C17H16O5. The average Bonchev–Trinajstić information content (AvgIpc) is 2.54. The fourth-order valence-electron chi connectivity index (χ4n) is 1.68. The van der Waals surface area contributed by atoms with E-state index in [1.165, 1.54) is 0 Å². The van der Waals surface area contributed by atoms with Gasteiger partial charge in [0, 0.05) is 11.1 Å². The number of aliphatic carboxylic acids is 1. The van der Waals surface area contributed by atoms with Crippen molar-refractivity contribution in [1.29, 1.82) is 0 Å². The lowest BCUT2D eigenvalue weighted by Gasteiger charge is -2.03. The first-order chi connectivity index (χ1) is 10.6. The first kappa shape index (κ1) is 17.1. The van der Waals surface area contributed by atoms with Crippen molar-refractivity contribution in [3.05, 3.63) is 71.3 Å². The largest absolute Gasteiger partial charge is 0.479 e. The Balaban J connectivity index is 0.000000295. The first-order valence-electron chi connectivity index (χ1n) is 6.48. The van der Waals surface area contributed by atoms with Crippen LogP contribution in [0, 0.1) is 6.92 Å². The number of rotatable bonds is 5. The van der Waals surface area contributed by atoms with Crippen LogP contribution in [0.2, 0.25) is 0 Å². The summed E-state index contributed by atoms with van der Waals surface area (Å²) in [4.78, 5) is 30.8. The van der Waals surface area contributed by atoms with Crippen LogP contribution in [0.1, 0.15) is 21.5 Å². The number of carbonyl (C=O) groups excluding carboxylic acids is 2. The van der Waals surface area contributed by atoms with E-state index < -0.39 is 12.6 Å². The van der Waals surface area contributed by atoms with Gasteiger partial charge in [0.1, 0.15) is 0 Å². The molecule has 0 radical (unpaired) electrons. The lowest BCUT2D eigenvalue weighted by Crippen LogP contribution is -2.04. The van der Waals surface area contributed by atoms with Crippen molar-refractivity contribution in [3.8, 4) is 0 Å². The van der Waals surface area contributed by atoms with Crippen LogP contribution < -0.4 is 0 Å². The van der Waals surface area contributed by atoms with E-state index in [-0.39, 0.29) is 12.3 Å². The third-order valence-corrected chi connectivity index (χ3v) is 2.70. The van der Waals surface area contributed by atoms with Gasteiger partial charge in [-0.2, -0.15) is 0 Å². The summed E-state index contributed by atoms with van der Waals surface area (Å²) in [6.45, 7) is 1.49. The van der Waals surface area contributed by atoms with Crippen LogP contribution in [-0.2, 0) is 14.3 Å². The van der Waals surface area contributed by atoms with E-state index in [1.54, 1.807) is 0 Å². The number of aryl methyl sites for hydroxylation is 1.